The molecule has 0 saturated carbocycles. The Bertz CT molecular complexity index is 3270. The number of fused-ring (bicyclic) bond motifs is 8. The van der Waals surface area contributed by atoms with Crippen LogP contribution in [-0.2, 0) is 0 Å². The van der Waals surface area contributed by atoms with Crippen molar-refractivity contribution >= 4 is 99.5 Å². The molecule has 0 bridgehead atoms. The van der Waals surface area contributed by atoms with E-state index in [-0.39, 0.29) is 0 Å². The number of benzene rings is 9. The molecule has 63 heavy (non-hydrogen) atoms. The fraction of sp³-hybridized carbons (Fsp3) is 0.153. The fourth-order valence-electron chi connectivity index (χ4n) is 10.6. The highest BCUT2D eigenvalue weighted by molar-refractivity contribution is 6.21. The average molecular weight is 819 g/mol. The molecule has 0 N–H and O–H groups in total. The van der Waals surface area contributed by atoms with Crippen LogP contribution in [0.15, 0.2) is 148 Å². The number of hydrogen-bond donors (Lipinski definition) is 0. The van der Waals surface area contributed by atoms with E-state index < -0.39 is 0 Å². The van der Waals surface area contributed by atoms with Gasteiger partial charge in [-0.2, -0.15) is 0 Å². The molecule has 0 unspecified atom stereocenters. The molecule has 0 fully saturated rings. The summed E-state index contributed by atoms with van der Waals surface area (Å²) in [4.78, 5) is 4.88. The summed E-state index contributed by atoms with van der Waals surface area (Å²) in [6.07, 6.45) is 0. The summed E-state index contributed by atoms with van der Waals surface area (Å²) >= 11 is 0. The molecule has 4 nitrogen and oxygen atoms in total. The first-order chi connectivity index (χ1) is 30.4. The molecule has 0 atom stereocenters. The summed E-state index contributed by atoms with van der Waals surface area (Å²) < 4.78 is 13.5. The monoisotopic (exact) mass is 818 g/mol. The Balaban J connectivity index is 1.05. The Hall–Kier alpha value is -7.30. The molecule has 0 saturated heterocycles. The van der Waals surface area contributed by atoms with Crippen LogP contribution in [0.5, 0.6) is 0 Å². The molecule has 0 spiro atoms. The maximum absolute atomic E-state index is 6.75. The van der Waals surface area contributed by atoms with Crippen LogP contribution in [-0.4, -0.2) is 0 Å². The minimum Gasteiger partial charge on any atom is -0.456 e. The van der Waals surface area contributed by atoms with Gasteiger partial charge >= 0.3 is 0 Å². The van der Waals surface area contributed by atoms with E-state index in [2.05, 4.69) is 212 Å². The molecule has 4 heteroatoms. The van der Waals surface area contributed by atoms with Gasteiger partial charge in [0.05, 0.1) is 22.7 Å². The molecule has 11 aromatic rings. The molecule has 0 aliphatic carbocycles. The quantitative estimate of drug-likeness (QED) is 0.167. The first-order valence-electron chi connectivity index (χ1n) is 22.0. The third kappa shape index (κ3) is 6.03. The second kappa shape index (κ2) is 14.4. The lowest BCUT2D eigenvalue weighted by Gasteiger charge is -2.31. The van der Waals surface area contributed by atoms with Gasteiger partial charge in [0.1, 0.15) is 22.3 Å². The Morgan fingerprint density at radius 2 is 0.619 bits per heavy atom. The van der Waals surface area contributed by atoms with Gasteiger partial charge in [0.2, 0.25) is 0 Å². The van der Waals surface area contributed by atoms with Gasteiger partial charge in [0.15, 0.2) is 0 Å². The van der Waals surface area contributed by atoms with Crippen LogP contribution in [0.3, 0.4) is 0 Å². The Morgan fingerprint density at radius 3 is 0.937 bits per heavy atom. The summed E-state index contributed by atoms with van der Waals surface area (Å²) in [6.45, 7) is 19.9. The fourth-order valence-corrected chi connectivity index (χ4v) is 10.6. The molecule has 0 amide bonds. The van der Waals surface area contributed by atoms with Crippen LogP contribution in [0, 0.1) is 62.3 Å². The number of para-hydroxylation sites is 4. The Kier molecular flexibility index (Phi) is 8.82. The molecule has 308 valence electrons. The number of nitrogens with zero attached hydrogens (tertiary/aromatic N) is 2. The van der Waals surface area contributed by atoms with E-state index in [1.807, 2.05) is 0 Å². The SMILES string of the molecule is Cc1cccc(C)c1N(c1ccc2cc3c(cc2c1)oc1cc2oc4cc5cc(N(c6c(C)cccc6C)c6c(C)cccc6C)ccc5cc4c2c(C)c13)c1c(C)cccc1C. The largest absolute Gasteiger partial charge is 0.456 e. The van der Waals surface area contributed by atoms with E-state index in [4.69, 9.17) is 8.83 Å². The molecule has 2 aromatic heterocycles. The lowest BCUT2D eigenvalue weighted by molar-refractivity contribution is 0.656. The van der Waals surface area contributed by atoms with E-state index in [1.54, 1.807) is 0 Å². The lowest BCUT2D eigenvalue weighted by atomic mass is 9.97. The second-order valence-corrected chi connectivity index (χ2v) is 17.8. The predicted molar refractivity (Wildman–Crippen MR) is 268 cm³/mol. The second-order valence-electron chi connectivity index (χ2n) is 17.8. The molecule has 11 rings (SSSR count). The number of hydrogen-bond acceptors (Lipinski definition) is 4. The highest BCUT2D eigenvalue weighted by atomic mass is 16.3. The summed E-state index contributed by atoms with van der Waals surface area (Å²) in [7, 11) is 0. The Labute approximate surface area is 368 Å². The highest BCUT2D eigenvalue weighted by Crippen LogP contribution is 2.47. The van der Waals surface area contributed by atoms with Gasteiger partial charge in [-0.25, -0.2) is 0 Å². The van der Waals surface area contributed by atoms with Crippen LogP contribution in [0.25, 0.3) is 65.4 Å². The minimum atomic E-state index is 0.835. The van der Waals surface area contributed by atoms with Gasteiger partial charge in [-0.15, -0.1) is 0 Å². The Morgan fingerprint density at radius 1 is 0.302 bits per heavy atom. The third-order valence-electron chi connectivity index (χ3n) is 13.5. The highest BCUT2D eigenvalue weighted by Gasteiger charge is 2.24. The zero-order chi connectivity index (χ0) is 43.4. The van der Waals surface area contributed by atoms with Gasteiger partial charge in [-0.3, -0.25) is 0 Å². The smallest absolute Gasteiger partial charge is 0.139 e. The summed E-state index contributed by atoms with van der Waals surface area (Å²) in [6, 6.07) is 51.0. The first kappa shape index (κ1) is 38.6. The molecule has 0 aliphatic rings. The molecular formula is C59H50N2O2. The molecule has 0 aliphatic heterocycles. The van der Waals surface area contributed by atoms with Gasteiger partial charge in [-0.1, -0.05) is 84.9 Å². The van der Waals surface area contributed by atoms with Crippen molar-refractivity contribution in [2.75, 3.05) is 9.80 Å². The number of aryl methyl sites for hydroxylation is 9. The van der Waals surface area contributed by atoms with Crippen molar-refractivity contribution in [1.29, 1.82) is 0 Å². The van der Waals surface area contributed by atoms with Crippen LogP contribution in [0.4, 0.5) is 34.1 Å². The standard InChI is InChI=1S/C59H50N2O2/c1-33-14-10-15-34(2)56(33)60(57-35(3)16-11-17-36(57)4)46-24-22-42-28-48-50(30-44(42)26-46)62-52-32-53-55(41(9)54(48)52)49-29-43-23-25-47(27-45(43)31-51(49)63-53)61(58-37(5)18-12-19-38(58)6)59-39(7)20-13-21-40(59)8/h10-32H,1-9H3. The first-order valence-corrected chi connectivity index (χ1v) is 22.0. The minimum absolute atomic E-state index is 0.835. The zero-order valence-corrected chi connectivity index (χ0v) is 37.5. The van der Waals surface area contributed by atoms with Crippen LogP contribution < -0.4 is 9.80 Å². The summed E-state index contributed by atoms with van der Waals surface area (Å²) in [5.74, 6) is 0. The third-order valence-corrected chi connectivity index (χ3v) is 13.5. The maximum atomic E-state index is 6.75. The predicted octanol–water partition coefficient (Wildman–Crippen LogP) is 17.5. The molecule has 0 radical (unpaired) electrons. The van der Waals surface area contributed by atoms with Gasteiger partial charge in [-0.05, 0) is 182 Å². The van der Waals surface area contributed by atoms with E-state index in [0.717, 1.165) is 66.0 Å². The van der Waals surface area contributed by atoms with E-state index in [0.29, 0.717) is 0 Å². The molecular weight excluding hydrogens is 769 g/mol. The normalized spacial score (nSPS) is 11.9. The summed E-state index contributed by atoms with van der Waals surface area (Å²) in [5, 5.41) is 9.10. The van der Waals surface area contributed by atoms with Crippen molar-refractivity contribution in [2.45, 2.75) is 62.3 Å². The van der Waals surface area contributed by atoms with E-state index in [9.17, 15) is 0 Å². The van der Waals surface area contributed by atoms with Crippen molar-refractivity contribution in [3.8, 4) is 0 Å². The number of anilines is 6. The van der Waals surface area contributed by atoms with Crippen LogP contribution in [0.1, 0.15) is 50.1 Å². The van der Waals surface area contributed by atoms with Crippen molar-refractivity contribution in [3.05, 3.63) is 190 Å². The van der Waals surface area contributed by atoms with Crippen molar-refractivity contribution in [1.82, 2.24) is 0 Å². The topological polar surface area (TPSA) is 32.8 Å². The van der Waals surface area contributed by atoms with Crippen molar-refractivity contribution < 1.29 is 8.83 Å². The maximum Gasteiger partial charge on any atom is 0.139 e. The number of rotatable bonds is 6. The average Bonchev–Trinajstić information content (AvgIpc) is 3.79. The zero-order valence-electron chi connectivity index (χ0n) is 37.5. The van der Waals surface area contributed by atoms with Crippen molar-refractivity contribution in [2.24, 2.45) is 0 Å². The van der Waals surface area contributed by atoms with E-state index >= 15 is 0 Å². The van der Waals surface area contributed by atoms with E-state index in [1.165, 1.54) is 83.6 Å². The van der Waals surface area contributed by atoms with Gasteiger partial charge < -0.3 is 18.6 Å². The molecule has 9 aromatic carbocycles. The van der Waals surface area contributed by atoms with Gasteiger partial charge in [0.25, 0.3) is 0 Å². The lowest BCUT2D eigenvalue weighted by Crippen LogP contribution is -2.15. The molecule has 2 heterocycles. The van der Waals surface area contributed by atoms with Crippen LogP contribution >= 0.6 is 0 Å². The van der Waals surface area contributed by atoms with Gasteiger partial charge in [0, 0.05) is 39.0 Å². The summed E-state index contributed by atoms with van der Waals surface area (Å²) in [5.41, 5.74) is 21.6. The van der Waals surface area contributed by atoms with Crippen LogP contribution in [0.2, 0.25) is 0 Å². The van der Waals surface area contributed by atoms with Crippen molar-refractivity contribution in [3.63, 3.8) is 0 Å². The number of furan rings is 2.